The molecule has 0 amide bonds. The topological polar surface area (TPSA) is 32.7 Å². The summed E-state index contributed by atoms with van der Waals surface area (Å²) in [7, 11) is 3.73. The third-order valence-corrected chi connectivity index (χ3v) is 2.66. The van der Waals surface area contributed by atoms with Crippen LogP contribution >= 0.6 is 0 Å². The molecule has 0 saturated heterocycles. The Labute approximate surface area is 86.2 Å². The van der Waals surface area contributed by atoms with E-state index in [2.05, 4.69) is 5.10 Å². The van der Waals surface area contributed by atoms with Crippen LogP contribution in [0.1, 0.15) is 39.0 Å². The standard InChI is InChI=1S/C11H20N2O/c1-9(14)11(12-13(2)3)10-7-5-4-6-8-10/h10H,4-8H2,1-3H3/b12-11-. The first kappa shape index (κ1) is 11.2. The Morgan fingerprint density at radius 2 is 1.79 bits per heavy atom. The lowest BCUT2D eigenvalue weighted by Gasteiger charge is -2.22. The summed E-state index contributed by atoms with van der Waals surface area (Å²) in [6.45, 7) is 1.62. The van der Waals surface area contributed by atoms with E-state index in [4.69, 9.17) is 0 Å². The molecule has 0 spiro atoms. The minimum atomic E-state index is 0.130. The fourth-order valence-corrected chi connectivity index (χ4v) is 2.03. The minimum Gasteiger partial charge on any atom is -0.303 e. The number of carbonyl (C=O) groups is 1. The lowest BCUT2D eigenvalue weighted by molar-refractivity contribution is -0.111. The minimum absolute atomic E-state index is 0.130. The zero-order chi connectivity index (χ0) is 10.6. The molecule has 0 atom stereocenters. The molecule has 0 aliphatic heterocycles. The summed E-state index contributed by atoms with van der Waals surface area (Å²) >= 11 is 0. The van der Waals surface area contributed by atoms with Gasteiger partial charge < -0.3 is 5.01 Å². The van der Waals surface area contributed by atoms with Gasteiger partial charge in [0.15, 0.2) is 5.78 Å². The molecule has 3 heteroatoms. The van der Waals surface area contributed by atoms with E-state index < -0.39 is 0 Å². The molecule has 0 heterocycles. The largest absolute Gasteiger partial charge is 0.303 e. The number of hydrogen-bond donors (Lipinski definition) is 0. The average Bonchev–Trinajstić information content (AvgIpc) is 2.15. The molecule has 1 aliphatic rings. The molecular formula is C11H20N2O. The summed E-state index contributed by atoms with van der Waals surface area (Å²) in [6.07, 6.45) is 6.05. The van der Waals surface area contributed by atoms with Crippen molar-refractivity contribution < 1.29 is 4.79 Å². The maximum absolute atomic E-state index is 11.4. The maximum Gasteiger partial charge on any atom is 0.176 e. The van der Waals surface area contributed by atoms with Crippen LogP contribution in [0, 0.1) is 5.92 Å². The van der Waals surface area contributed by atoms with Crippen LogP contribution in [0.3, 0.4) is 0 Å². The summed E-state index contributed by atoms with van der Waals surface area (Å²) in [6, 6.07) is 0. The van der Waals surface area contributed by atoms with E-state index in [0.717, 1.165) is 18.6 Å². The van der Waals surface area contributed by atoms with Crippen LogP contribution in [0.4, 0.5) is 0 Å². The number of ketones is 1. The normalized spacial score (nSPS) is 19.5. The number of rotatable bonds is 3. The van der Waals surface area contributed by atoms with E-state index in [0.29, 0.717) is 5.92 Å². The lowest BCUT2D eigenvalue weighted by Crippen LogP contribution is -2.26. The third-order valence-electron chi connectivity index (χ3n) is 2.66. The van der Waals surface area contributed by atoms with Crippen molar-refractivity contribution in [1.82, 2.24) is 5.01 Å². The summed E-state index contributed by atoms with van der Waals surface area (Å²) in [4.78, 5) is 11.4. The second-order valence-electron chi connectivity index (χ2n) is 4.22. The van der Waals surface area contributed by atoms with Crippen molar-refractivity contribution in [3.05, 3.63) is 0 Å². The number of nitrogens with zero attached hydrogens (tertiary/aromatic N) is 2. The van der Waals surface area contributed by atoms with Gasteiger partial charge in [0.1, 0.15) is 5.71 Å². The predicted octanol–water partition coefficient (Wildman–Crippen LogP) is 2.07. The van der Waals surface area contributed by atoms with Crippen molar-refractivity contribution in [3.8, 4) is 0 Å². The van der Waals surface area contributed by atoms with Crippen molar-refractivity contribution in [2.75, 3.05) is 14.1 Å². The number of hydrogen-bond acceptors (Lipinski definition) is 3. The molecule has 1 aliphatic carbocycles. The Hall–Kier alpha value is -0.860. The molecule has 0 aromatic rings. The van der Waals surface area contributed by atoms with Crippen molar-refractivity contribution in [1.29, 1.82) is 0 Å². The first-order valence-electron chi connectivity index (χ1n) is 5.38. The van der Waals surface area contributed by atoms with Crippen LogP contribution in [0.15, 0.2) is 5.10 Å². The van der Waals surface area contributed by atoms with Crippen LogP contribution in [0.2, 0.25) is 0 Å². The van der Waals surface area contributed by atoms with Crippen molar-refractivity contribution in [2.45, 2.75) is 39.0 Å². The highest BCUT2D eigenvalue weighted by atomic mass is 16.1. The van der Waals surface area contributed by atoms with Crippen LogP contribution in [0.25, 0.3) is 0 Å². The van der Waals surface area contributed by atoms with E-state index in [9.17, 15) is 4.79 Å². The molecule has 80 valence electrons. The van der Waals surface area contributed by atoms with Crippen molar-refractivity contribution in [2.24, 2.45) is 11.0 Å². The fourth-order valence-electron chi connectivity index (χ4n) is 2.03. The number of hydrazone groups is 1. The zero-order valence-corrected chi connectivity index (χ0v) is 9.42. The fraction of sp³-hybridized carbons (Fsp3) is 0.818. The molecule has 14 heavy (non-hydrogen) atoms. The first-order chi connectivity index (χ1) is 6.61. The predicted molar refractivity (Wildman–Crippen MR) is 58.4 cm³/mol. The van der Waals surface area contributed by atoms with Crippen molar-refractivity contribution >= 4 is 11.5 Å². The molecule has 1 rings (SSSR count). The van der Waals surface area contributed by atoms with Gasteiger partial charge >= 0.3 is 0 Å². The highest BCUT2D eigenvalue weighted by Crippen LogP contribution is 2.25. The molecule has 1 saturated carbocycles. The van der Waals surface area contributed by atoms with E-state index in [1.165, 1.54) is 19.3 Å². The highest BCUT2D eigenvalue weighted by Gasteiger charge is 2.22. The van der Waals surface area contributed by atoms with Gasteiger partial charge in [-0.3, -0.25) is 4.79 Å². The number of Topliss-reactive ketones (excluding diaryl/α,β-unsaturated/α-hetero) is 1. The second kappa shape index (κ2) is 5.13. The van der Waals surface area contributed by atoms with Gasteiger partial charge in [-0.25, -0.2) is 0 Å². The third kappa shape index (κ3) is 3.13. The van der Waals surface area contributed by atoms with Gasteiger partial charge in [-0.15, -0.1) is 0 Å². The second-order valence-corrected chi connectivity index (χ2v) is 4.22. The molecule has 0 unspecified atom stereocenters. The number of carbonyl (C=O) groups excluding carboxylic acids is 1. The molecule has 0 aromatic heterocycles. The van der Waals surface area contributed by atoms with Crippen LogP contribution in [0.5, 0.6) is 0 Å². The summed E-state index contributed by atoms with van der Waals surface area (Å²) in [5.74, 6) is 0.536. The van der Waals surface area contributed by atoms with Gasteiger partial charge in [0.05, 0.1) is 0 Å². The summed E-state index contributed by atoms with van der Waals surface area (Å²) in [5.41, 5.74) is 0.773. The summed E-state index contributed by atoms with van der Waals surface area (Å²) in [5, 5.41) is 6.03. The molecular weight excluding hydrogens is 176 g/mol. The van der Waals surface area contributed by atoms with E-state index in [1.807, 2.05) is 14.1 Å². The van der Waals surface area contributed by atoms with Crippen molar-refractivity contribution in [3.63, 3.8) is 0 Å². The van der Waals surface area contributed by atoms with Crippen LogP contribution in [-0.2, 0) is 4.79 Å². The maximum atomic E-state index is 11.4. The molecule has 0 N–H and O–H groups in total. The quantitative estimate of drug-likeness (QED) is 0.511. The molecule has 0 aromatic carbocycles. The van der Waals surface area contributed by atoms with Gasteiger partial charge in [-0.05, 0) is 12.8 Å². The Balaban J connectivity index is 2.71. The molecule has 0 bridgehead atoms. The van der Waals surface area contributed by atoms with Gasteiger partial charge in [-0.2, -0.15) is 5.10 Å². The zero-order valence-electron chi connectivity index (χ0n) is 9.42. The molecule has 1 fully saturated rings. The first-order valence-corrected chi connectivity index (χ1v) is 5.38. The Morgan fingerprint density at radius 1 is 1.21 bits per heavy atom. The van der Waals surface area contributed by atoms with E-state index in [-0.39, 0.29) is 5.78 Å². The monoisotopic (exact) mass is 196 g/mol. The smallest absolute Gasteiger partial charge is 0.176 e. The Morgan fingerprint density at radius 3 is 2.21 bits per heavy atom. The average molecular weight is 196 g/mol. The lowest BCUT2D eigenvalue weighted by atomic mass is 9.84. The SMILES string of the molecule is CC(=O)/C(=N/N(C)C)C1CCCCC1. The van der Waals surface area contributed by atoms with Gasteiger partial charge in [0.25, 0.3) is 0 Å². The van der Waals surface area contributed by atoms with E-state index in [1.54, 1.807) is 11.9 Å². The van der Waals surface area contributed by atoms with Gasteiger partial charge in [0, 0.05) is 26.9 Å². The Kier molecular flexibility index (Phi) is 4.11. The van der Waals surface area contributed by atoms with Gasteiger partial charge in [0.2, 0.25) is 0 Å². The molecule has 3 nitrogen and oxygen atoms in total. The van der Waals surface area contributed by atoms with Crippen LogP contribution in [-0.4, -0.2) is 30.6 Å². The summed E-state index contributed by atoms with van der Waals surface area (Å²) < 4.78 is 0. The van der Waals surface area contributed by atoms with Gasteiger partial charge in [-0.1, -0.05) is 19.3 Å². The van der Waals surface area contributed by atoms with Crippen LogP contribution < -0.4 is 0 Å². The molecule has 0 radical (unpaired) electrons. The van der Waals surface area contributed by atoms with E-state index >= 15 is 0 Å². The Bertz CT molecular complexity index is 227. The highest BCUT2D eigenvalue weighted by molar-refractivity contribution is 6.39.